The molecular formula is C17H19ClN2O2. The number of ether oxygens (including phenoxy) is 1. The molecule has 0 saturated carbocycles. The fourth-order valence-electron chi connectivity index (χ4n) is 2.06. The standard InChI is InChI=1S/C17H19ClN2O2/c1-4-5-15(20-11-10-19-12-20)16(21)17(2,3)22-14-8-6-13(18)7-9-14/h5-12H,4H2,1-3H3. The van der Waals surface area contributed by atoms with Crippen LogP contribution in [0, 0.1) is 0 Å². The third kappa shape index (κ3) is 3.77. The number of hydrogen-bond donors (Lipinski definition) is 0. The molecule has 0 aliphatic heterocycles. The van der Waals surface area contributed by atoms with Crippen molar-refractivity contribution >= 4 is 23.1 Å². The smallest absolute Gasteiger partial charge is 0.222 e. The van der Waals surface area contributed by atoms with E-state index in [4.69, 9.17) is 16.3 Å². The molecular weight excluding hydrogens is 300 g/mol. The number of imidazole rings is 1. The topological polar surface area (TPSA) is 44.1 Å². The highest BCUT2D eigenvalue weighted by Crippen LogP contribution is 2.25. The molecule has 0 aliphatic rings. The van der Waals surface area contributed by atoms with Crippen LogP contribution in [0.25, 0.3) is 5.70 Å². The van der Waals surface area contributed by atoms with Gasteiger partial charge >= 0.3 is 0 Å². The van der Waals surface area contributed by atoms with E-state index >= 15 is 0 Å². The van der Waals surface area contributed by atoms with Crippen LogP contribution in [-0.2, 0) is 4.79 Å². The first kappa shape index (κ1) is 16.3. The van der Waals surface area contributed by atoms with E-state index in [1.165, 1.54) is 0 Å². The molecule has 2 rings (SSSR count). The number of hydrogen-bond acceptors (Lipinski definition) is 3. The molecule has 0 saturated heterocycles. The Bertz CT molecular complexity index is 658. The first-order valence-electron chi connectivity index (χ1n) is 7.12. The number of ketones is 1. The molecule has 0 aliphatic carbocycles. The van der Waals surface area contributed by atoms with Gasteiger partial charge in [0.15, 0.2) is 5.60 Å². The van der Waals surface area contributed by atoms with Gasteiger partial charge in [0.25, 0.3) is 0 Å². The maximum absolute atomic E-state index is 12.9. The predicted octanol–water partition coefficient (Wildman–Crippen LogP) is 4.21. The van der Waals surface area contributed by atoms with Crippen molar-refractivity contribution in [2.24, 2.45) is 0 Å². The van der Waals surface area contributed by atoms with Crippen molar-refractivity contribution in [3.63, 3.8) is 0 Å². The van der Waals surface area contributed by atoms with Crippen molar-refractivity contribution in [2.75, 3.05) is 0 Å². The van der Waals surface area contributed by atoms with E-state index in [2.05, 4.69) is 4.98 Å². The van der Waals surface area contributed by atoms with E-state index in [1.807, 2.05) is 13.0 Å². The van der Waals surface area contributed by atoms with Gasteiger partial charge in [-0.15, -0.1) is 0 Å². The summed E-state index contributed by atoms with van der Waals surface area (Å²) >= 11 is 5.86. The monoisotopic (exact) mass is 318 g/mol. The molecule has 2 aromatic rings. The molecule has 0 bridgehead atoms. The number of rotatable bonds is 6. The van der Waals surface area contributed by atoms with E-state index < -0.39 is 5.60 Å². The van der Waals surface area contributed by atoms with Gasteiger partial charge in [-0.05, 0) is 44.5 Å². The average molecular weight is 319 g/mol. The van der Waals surface area contributed by atoms with Crippen LogP contribution in [0.15, 0.2) is 49.1 Å². The van der Waals surface area contributed by atoms with E-state index in [0.29, 0.717) is 16.5 Å². The second kappa shape index (κ2) is 6.79. The second-order valence-corrected chi connectivity index (χ2v) is 5.80. The first-order chi connectivity index (χ1) is 10.4. The maximum atomic E-state index is 12.9. The molecule has 0 spiro atoms. The maximum Gasteiger partial charge on any atom is 0.222 e. The third-order valence-corrected chi connectivity index (χ3v) is 3.40. The van der Waals surface area contributed by atoms with Crippen LogP contribution in [0.1, 0.15) is 27.2 Å². The zero-order valence-corrected chi connectivity index (χ0v) is 13.7. The summed E-state index contributed by atoms with van der Waals surface area (Å²) in [4.78, 5) is 16.9. The Balaban J connectivity index is 2.25. The van der Waals surface area contributed by atoms with Crippen molar-refractivity contribution in [3.8, 4) is 5.75 Å². The lowest BCUT2D eigenvalue weighted by molar-refractivity contribution is -0.126. The Kier molecular flexibility index (Phi) is 5.03. The lowest BCUT2D eigenvalue weighted by Crippen LogP contribution is -2.39. The molecule has 0 amide bonds. The minimum atomic E-state index is -1.00. The lowest BCUT2D eigenvalue weighted by Gasteiger charge is -2.26. The normalized spacial score (nSPS) is 12.3. The summed E-state index contributed by atoms with van der Waals surface area (Å²) in [6.07, 6.45) is 7.62. The molecule has 1 aromatic heterocycles. The second-order valence-electron chi connectivity index (χ2n) is 5.36. The Morgan fingerprint density at radius 2 is 2.05 bits per heavy atom. The zero-order valence-electron chi connectivity index (χ0n) is 12.9. The first-order valence-corrected chi connectivity index (χ1v) is 7.49. The summed E-state index contributed by atoms with van der Waals surface area (Å²) in [5.74, 6) is 0.492. The molecule has 116 valence electrons. The largest absolute Gasteiger partial charge is 0.480 e. The highest BCUT2D eigenvalue weighted by Gasteiger charge is 2.33. The van der Waals surface area contributed by atoms with Gasteiger partial charge in [0.2, 0.25) is 5.78 Å². The Labute approximate surface area is 135 Å². The summed E-state index contributed by atoms with van der Waals surface area (Å²) < 4.78 is 7.57. The van der Waals surface area contributed by atoms with Crippen molar-refractivity contribution in [2.45, 2.75) is 32.8 Å². The van der Waals surface area contributed by atoms with Crippen LogP contribution in [-0.4, -0.2) is 20.9 Å². The minimum Gasteiger partial charge on any atom is -0.480 e. The summed E-state index contributed by atoms with van der Waals surface area (Å²) in [7, 11) is 0. The molecule has 22 heavy (non-hydrogen) atoms. The van der Waals surface area contributed by atoms with Gasteiger partial charge in [-0.25, -0.2) is 4.98 Å². The van der Waals surface area contributed by atoms with Crippen LogP contribution in [0.3, 0.4) is 0 Å². The molecule has 0 atom stereocenters. The quantitative estimate of drug-likeness (QED) is 0.749. The highest BCUT2D eigenvalue weighted by atomic mass is 35.5. The number of Topliss-reactive ketones (excluding diaryl/α,β-unsaturated/α-hetero) is 1. The summed E-state index contributed by atoms with van der Waals surface area (Å²) in [6.45, 7) is 5.49. The fourth-order valence-corrected chi connectivity index (χ4v) is 2.19. The number of carbonyl (C=O) groups is 1. The van der Waals surface area contributed by atoms with Gasteiger partial charge in [-0.2, -0.15) is 0 Å². The number of carbonyl (C=O) groups excluding carboxylic acids is 1. The van der Waals surface area contributed by atoms with Gasteiger partial charge < -0.3 is 9.30 Å². The van der Waals surface area contributed by atoms with Gasteiger partial charge in [-0.1, -0.05) is 24.6 Å². The van der Waals surface area contributed by atoms with E-state index in [0.717, 1.165) is 6.42 Å². The van der Waals surface area contributed by atoms with E-state index in [-0.39, 0.29) is 5.78 Å². The average Bonchev–Trinajstić information content (AvgIpc) is 3.00. The Morgan fingerprint density at radius 1 is 1.36 bits per heavy atom. The van der Waals surface area contributed by atoms with E-state index in [9.17, 15) is 4.79 Å². The van der Waals surface area contributed by atoms with Crippen LogP contribution in [0.5, 0.6) is 5.75 Å². The van der Waals surface area contributed by atoms with Crippen LogP contribution in [0.2, 0.25) is 5.02 Å². The van der Waals surface area contributed by atoms with E-state index in [1.54, 1.807) is 61.4 Å². The van der Waals surface area contributed by atoms with Crippen molar-refractivity contribution in [1.82, 2.24) is 9.55 Å². The Hall–Kier alpha value is -2.07. The van der Waals surface area contributed by atoms with Crippen molar-refractivity contribution in [1.29, 1.82) is 0 Å². The lowest BCUT2D eigenvalue weighted by atomic mass is 9.99. The minimum absolute atomic E-state index is 0.109. The molecule has 1 heterocycles. The van der Waals surface area contributed by atoms with Gasteiger partial charge in [-0.3, -0.25) is 4.79 Å². The van der Waals surface area contributed by atoms with Crippen molar-refractivity contribution in [3.05, 3.63) is 54.1 Å². The molecule has 4 nitrogen and oxygen atoms in total. The van der Waals surface area contributed by atoms with Gasteiger partial charge in [0.1, 0.15) is 5.75 Å². The number of nitrogens with zero attached hydrogens (tertiary/aromatic N) is 2. The third-order valence-electron chi connectivity index (χ3n) is 3.15. The van der Waals surface area contributed by atoms with Gasteiger partial charge in [0, 0.05) is 17.4 Å². The van der Waals surface area contributed by atoms with Gasteiger partial charge in [0.05, 0.1) is 12.0 Å². The predicted molar refractivity (Wildman–Crippen MR) is 88.0 cm³/mol. The number of benzene rings is 1. The molecule has 0 unspecified atom stereocenters. The summed E-state index contributed by atoms with van der Waals surface area (Å²) in [5, 5.41) is 0.626. The van der Waals surface area contributed by atoms with Crippen LogP contribution in [0.4, 0.5) is 0 Å². The number of allylic oxidation sites excluding steroid dienone is 1. The molecule has 1 aromatic carbocycles. The SMILES string of the molecule is CCC=C(C(=O)C(C)(C)Oc1ccc(Cl)cc1)n1ccnc1. The summed E-state index contributed by atoms with van der Waals surface area (Å²) in [5.41, 5.74) is -0.446. The van der Waals surface area contributed by atoms with Crippen LogP contribution < -0.4 is 4.74 Å². The highest BCUT2D eigenvalue weighted by molar-refractivity contribution is 6.30. The van der Waals surface area contributed by atoms with Crippen LogP contribution >= 0.6 is 11.6 Å². The Morgan fingerprint density at radius 3 is 2.59 bits per heavy atom. The number of aromatic nitrogens is 2. The number of halogens is 1. The zero-order chi connectivity index (χ0) is 16.2. The molecule has 5 heteroatoms. The fraction of sp³-hybridized carbons (Fsp3) is 0.294. The summed E-state index contributed by atoms with van der Waals surface area (Å²) in [6, 6.07) is 6.96. The molecule has 0 radical (unpaired) electrons. The molecule has 0 N–H and O–H groups in total. The molecule has 0 fully saturated rings. The van der Waals surface area contributed by atoms with Crippen molar-refractivity contribution < 1.29 is 9.53 Å².